The Morgan fingerprint density at radius 1 is 1.19 bits per heavy atom. The molecular weight excluding hydrogens is 456 g/mol. The number of ether oxygens (including phenoxy) is 1. The molecule has 186 valence electrons. The van der Waals surface area contributed by atoms with Gasteiger partial charge in [0.15, 0.2) is 0 Å². The number of carboxylic acids is 1. The van der Waals surface area contributed by atoms with Gasteiger partial charge in [0.2, 0.25) is 0 Å². The Morgan fingerprint density at radius 2 is 2.00 bits per heavy atom. The van der Waals surface area contributed by atoms with Crippen molar-refractivity contribution in [3.05, 3.63) is 83.5 Å². The summed E-state index contributed by atoms with van der Waals surface area (Å²) in [7, 11) is 1.85. The molecule has 3 heterocycles. The maximum absolute atomic E-state index is 12.3. The Balaban J connectivity index is 1.42. The highest BCUT2D eigenvalue weighted by Gasteiger charge is 2.49. The fourth-order valence-corrected chi connectivity index (χ4v) is 5.70. The third-order valence-electron chi connectivity index (χ3n) is 7.55. The van der Waals surface area contributed by atoms with Crippen molar-refractivity contribution in [3.63, 3.8) is 0 Å². The van der Waals surface area contributed by atoms with Gasteiger partial charge >= 0.3 is 5.97 Å². The summed E-state index contributed by atoms with van der Waals surface area (Å²) in [6.45, 7) is 3.81. The van der Waals surface area contributed by atoms with E-state index in [1.165, 1.54) is 17.3 Å². The smallest absolute Gasteiger partial charge is 0.339 e. The van der Waals surface area contributed by atoms with Crippen molar-refractivity contribution < 1.29 is 14.6 Å². The monoisotopic (exact) mass is 486 g/mol. The van der Waals surface area contributed by atoms with Crippen molar-refractivity contribution in [3.8, 4) is 0 Å². The summed E-state index contributed by atoms with van der Waals surface area (Å²) >= 11 is 0. The maximum Gasteiger partial charge on any atom is 0.339 e. The largest absolute Gasteiger partial charge is 0.478 e. The van der Waals surface area contributed by atoms with E-state index in [-0.39, 0.29) is 17.4 Å². The van der Waals surface area contributed by atoms with E-state index in [9.17, 15) is 9.90 Å². The number of carbonyl (C=O) groups is 1. The highest BCUT2D eigenvalue weighted by molar-refractivity contribution is 5.89. The summed E-state index contributed by atoms with van der Waals surface area (Å²) in [4.78, 5) is 14.7. The SMILES string of the molecule is Cn1cc(C2CC2c2c(C(=O)O)cnn2C2(CN3CCOCC3)C=CC=C(c3ccccc3)C2)nn1. The summed E-state index contributed by atoms with van der Waals surface area (Å²) in [6.07, 6.45) is 11.5. The number of aromatic carboxylic acids is 1. The minimum absolute atomic E-state index is 0.0383. The maximum atomic E-state index is 12.3. The van der Waals surface area contributed by atoms with Gasteiger partial charge in [-0.25, -0.2) is 4.79 Å². The van der Waals surface area contributed by atoms with Gasteiger partial charge in [0.1, 0.15) is 5.56 Å². The van der Waals surface area contributed by atoms with Crippen molar-refractivity contribution in [2.24, 2.45) is 7.05 Å². The molecule has 3 unspecified atom stereocenters. The molecule has 1 aliphatic heterocycles. The normalized spacial score (nSPS) is 26.1. The number of allylic oxidation sites excluding steroid dienone is 3. The van der Waals surface area contributed by atoms with Crippen LogP contribution in [0.15, 0.2) is 61.0 Å². The topological polar surface area (TPSA) is 98.3 Å². The number of carboxylic acid groups (broad SMARTS) is 1. The molecule has 9 heteroatoms. The fraction of sp³-hybridized carbons (Fsp3) is 0.407. The number of hydrogen-bond acceptors (Lipinski definition) is 6. The van der Waals surface area contributed by atoms with Gasteiger partial charge in [-0.3, -0.25) is 14.3 Å². The molecule has 0 amide bonds. The molecule has 1 N–H and O–H groups in total. The third-order valence-corrected chi connectivity index (χ3v) is 7.55. The van der Waals surface area contributed by atoms with E-state index in [0.717, 1.165) is 43.9 Å². The van der Waals surface area contributed by atoms with Crippen LogP contribution in [0.2, 0.25) is 0 Å². The lowest BCUT2D eigenvalue weighted by Gasteiger charge is -2.41. The molecule has 9 nitrogen and oxygen atoms in total. The van der Waals surface area contributed by atoms with Crippen LogP contribution in [0.25, 0.3) is 5.57 Å². The Bertz CT molecular complexity index is 1320. The molecule has 2 aliphatic carbocycles. The van der Waals surface area contributed by atoms with E-state index in [4.69, 9.17) is 9.84 Å². The second-order valence-electron chi connectivity index (χ2n) is 10.0. The summed E-state index contributed by atoms with van der Waals surface area (Å²) in [6, 6.07) is 10.4. The number of nitrogens with zero attached hydrogens (tertiary/aromatic N) is 6. The van der Waals surface area contributed by atoms with Gasteiger partial charge < -0.3 is 9.84 Å². The van der Waals surface area contributed by atoms with Crippen LogP contribution in [-0.4, -0.2) is 73.6 Å². The van der Waals surface area contributed by atoms with Gasteiger partial charge in [-0.1, -0.05) is 53.8 Å². The molecule has 3 aromatic rings. The van der Waals surface area contributed by atoms with Gasteiger partial charge in [0.25, 0.3) is 0 Å². The number of aromatic nitrogens is 5. The quantitative estimate of drug-likeness (QED) is 0.548. The van der Waals surface area contributed by atoms with Crippen LogP contribution in [0, 0.1) is 0 Å². The van der Waals surface area contributed by atoms with Gasteiger partial charge in [-0.15, -0.1) is 5.10 Å². The van der Waals surface area contributed by atoms with E-state index in [1.54, 1.807) is 4.68 Å². The molecular formula is C27H30N6O3. The van der Waals surface area contributed by atoms with Crippen LogP contribution >= 0.6 is 0 Å². The molecule has 0 spiro atoms. The minimum Gasteiger partial charge on any atom is -0.478 e. The Labute approximate surface area is 209 Å². The number of aryl methyl sites for hydroxylation is 1. The van der Waals surface area contributed by atoms with Gasteiger partial charge in [-0.05, 0) is 17.6 Å². The molecule has 1 aromatic carbocycles. The van der Waals surface area contributed by atoms with Crippen molar-refractivity contribution in [1.29, 1.82) is 0 Å². The third kappa shape index (κ3) is 4.18. The fourth-order valence-electron chi connectivity index (χ4n) is 5.70. The van der Waals surface area contributed by atoms with Gasteiger partial charge in [0.05, 0.1) is 36.3 Å². The van der Waals surface area contributed by atoms with Crippen molar-refractivity contribution in [1.82, 2.24) is 29.7 Å². The zero-order valence-electron chi connectivity index (χ0n) is 20.3. The molecule has 0 bridgehead atoms. The number of hydrogen-bond donors (Lipinski definition) is 1. The zero-order valence-corrected chi connectivity index (χ0v) is 20.3. The van der Waals surface area contributed by atoms with Gasteiger partial charge in [-0.2, -0.15) is 5.10 Å². The highest BCUT2D eigenvalue weighted by atomic mass is 16.5. The summed E-state index contributed by atoms with van der Waals surface area (Å²) in [5, 5.41) is 23.3. The van der Waals surface area contributed by atoms with Crippen LogP contribution in [0.4, 0.5) is 0 Å². The first-order valence-electron chi connectivity index (χ1n) is 12.5. The van der Waals surface area contributed by atoms with Gasteiger partial charge in [0, 0.05) is 51.1 Å². The lowest BCUT2D eigenvalue weighted by molar-refractivity contribution is 0.0228. The van der Waals surface area contributed by atoms with Crippen LogP contribution < -0.4 is 0 Å². The van der Waals surface area contributed by atoms with Crippen molar-refractivity contribution >= 4 is 11.5 Å². The predicted octanol–water partition coefficient (Wildman–Crippen LogP) is 3.05. The second kappa shape index (κ2) is 9.15. The summed E-state index contributed by atoms with van der Waals surface area (Å²) in [5.41, 5.74) is 3.82. The Morgan fingerprint density at radius 3 is 2.72 bits per heavy atom. The van der Waals surface area contributed by atoms with E-state index >= 15 is 0 Å². The number of rotatable bonds is 7. The lowest BCUT2D eigenvalue weighted by atomic mass is 9.82. The first-order chi connectivity index (χ1) is 17.5. The van der Waals surface area contributed by atoms with Crippen LogP contribution in [0.3, 0.4) is 0 Å². The first kappa shape index (κ1) is 22.9. The lowest BCUT2D eigenvalue weighted by Crippen LogP contribution is -2.49. The van der Waals surface area contributed by atoms with E-state index in [0.29, 0.717) is 13.2 Å². The average molecular weight is 487 g/mol. The molecule has 3 atom stereocenters. The zero-order chi connectivity index (χ0) is 24.7. The summed E-state index contributed by atoms with van der Waals surface area (Å²) < 4.78 is 9.31. The van der Waals surface area contributed by atoms with E-state index in [1.807, 2.05) is 24.0 Å². The van der Waals surface area contributed by atoms with Crippen LogP contribution in [0.1, 0.15) is 52.0 Å². The number of benzene rings is 1. The molecule has 36 heavy (non-hydrogen) atoms. The first-order valence-corrected chi connectivity index (χ1v) is 12.5. The van der Waals surface area contributed by atoms with Crippen molar-refractivity contribution in [2.45, 2.75) is 30.2 Å². The standard InChI is InChI=1S/C27H30N6O3/c1-31-17-24(29-30-31)21-14-22(21)25-23(26(34)35)16-28-33(25)27(18-32-10-12-36-13-11-32)9-5-8-20(15-27)19-6-3-2-4-7-19/h2-9,16-17,21-22H,10-15,18H2,1H3,(H,34,35). The predicted molar refractivity (Wildman–Crippen MR) is 134 cm³/mol. The Kier molecular flexibility index (Phi) is 5.81. The van der Waals surface area contributed by atoms with Crippen molar-refractivity contribution in [2.75, 3.05) is 32.8 Å². The molecule has 0 radical (unpaired) electrons. The minimum atomic E-state index is -0.943. The molecule has 6 rings (SSSR count). The average Bonchev–Trinajstić information content (AvgIpc) is 3.33. The van der Waals surface area contributed by atoms with Crippen LogP contribution in [-0.2, 0) is 17.3 Å². The van der Waals surface area contributed by atoms with E-state index < -0.39 is 11.5 Å². The van der Waals surface area contributed by atoms with Crippen LogP contribution in [0.5, 0.6) is 0 Å². The molecule has 1 saturated carbocycles. The highest BCUT2D eigenvalue weighted by Crippen LogP contribution is 2.56. The number of morpholine rings is 1. The molecule has 2 fully saturated rings. The molecule has 3 aliphatic rings. The Hall–Kier alpha value is -3.56. The molecule has 1 saturated heterocycles. The molecule has 2 aromatic heterocycles. The van der Waals surface area contributed by atoms with E-state index in [2.05, 4.69) is 57.7 Å². The second-order valence-corrected chi connectivity index (χ2v) is 10.0. The summed E-state index contributed by atoms with van der Waals surface area (Å²) in [5.74, 6) is -0.762.